The van der Waals surface area contributed by atoms with Crippen LogP contribution in [-0.2, 0) is 12.3 Å². The average Bonchev–Trinajstić information content (AvgIpc) is 3.69. The number of hydrogen-bond acceptors (Lipinski definition) is 9. The van der Waals surface area contributed by atoms with Gasteiger partial charge in [-0.1, -0.05) is 71.5 Å². The molecule has 0 unspecified atom stereocenters. The summed E-state index contributed by atoms with van der Waals surface area (Å²) in [7, 11) is 4.74. The van der Waals surface area contributed by atoms with Gasteiger partial charge in [0, 0.05) is 17.3 Å². The average molecular weight is 582 g/mol. The lowest BCUT2D eigenvalue weighted by molar-refractivity contribution is 0.355. The highest BCUT2D eigenvalue weighted by Crippen LogP contribution is 2.37. The van der Waals surface area contributed by atoms with Crippen LogP contribution in [0.2, 0.25) is 0 Å². The van der Waals surface area contributed by atoms with Gasteiger partial charge in [-0.3, -0.25) is 9.36 Å². The van der Waals surface area contributed by atoms with Crippen molar-refractivity contribution in [3.8, 4) is 39.8 Å². The minimum Gasteiger partial charge on any atom is -0.496 e. The monoisotopic (exact) mass is 581 g/mol. The van der Waals surface area contributed by atoms with Crippen molar-refractivity contribution in [1.29, 1.82) is 0 Å². The van der Waals surface area contributed by atoms with Crippen molar-refractivity contribution < 1.29 is 18.7 Å². The van der Waals surface area contributed by atoms with E-state index in [1.807, 2.05) is 72.9 Å². The predicted molar refractivity (Wildman–Crippen MR) is 160 cm³/mol. The van der Waals surface area contributed by atoms with Crippen LogP contribution in [0.4, 0.5) is 0 Å². The van der Waals surface area contributed by atoms with E-state index in [4.69, 9.17) is 23.7 Å². The van der Waals surface area contributed by atoms with Gasteiger partial charge in [-0.15, -0.1) is 0 Å². The number of benzene rings is 3. The molecule has 0 atom stereocenters. The molecule has 0 saturated heterocycles. The molecule has 0 saturated carbocycles. The van der Waals surface area contributed by atoms with E-state index in [-0.39, 0.29) is 17.9 Å². The van der Waals surface area contributed by atoms with Crippen molar-refractivity contribution in [1.82, 2.24) is 24.7 Å². The summed E-state index contributed by atoms with van der Waals surface area (Å²) < 4.78 is 23.7. The zero-order chi connectivity index (χ0) is 29.1. The Hall–Kier alpha value is -5.03. The van der Waals surface area contributed by atoms with E-state index in [1.165, 1.54) is 11.8 Å². The minimum atomic E-state index is -0.192. The van der Waals surface area contributed by atoms with Gasteiger partial charge in [0.1, 0.15) is 16.8 Å². The molecule has 0 aliphatic rings. The van der Waals surface area contributed by atoms with Crippen molar-refractivity contribution in [2.24, 2.45) is 0 Å². The quantitative estimate of drug-likeness (QED) is 0.158. The zero-order valence-electron chi connectivity index (χ0n) is 23.2. The molecule has 0 radical (unpaired) electrons. The highest BCUT2D eigenvalue weighted by atomic mass is 32.2. The molecule has 6 aromatic rings. The summed E-state index contributed by atoms with van der Waals surface area (Å²) in [6, 6.07) is 22.9. The van der Waals surface area contributed by atoms with Crippen LogP contribution in [0.25, 0.3) is 33.5 Å². The molecule has 0 amide bonds. The first-order valence-corrected chi connectivity index (χ1v) is 14.1. The second kappa shape index (κ2) is 11.8. The number of nitrogens with zero attached hydrogens (tertiary/aromatic N) is 4. The molecular weight excluding hydrogens is 554 g/mol. The first-order chi connectivity index (χ1) is 20.6. The molecule has 1 N–H and O–H groups in total. The number of thioether (sulfide) groups is 1. The molecule has 3 aromatic carbocycles. The van der Waals surface area contributed by atoms with Crippen LogP contribution in [0, 0.1) is 0 Å². The van der Waals surface area contributed by atoms with E-state index in [0.29, 0.717) is 50.7 Å². The van der Waals surface area contributed by atoms with Crippen LogP contribution >= 0.6 is 11.8 Å². The Morgan fingerprint density at radius 1 is 0.857 bits per heavy atom. The van der Waals surface area contributed by atoms with E-state index in [9.17, 15) is 4.79 Å². The Kier molecular flexibility index (Phi) is 7.65. The molecule has 0 aliphatic carbocycles. The Morgan fingerprint density at radius 2 is 1.62 bits per heavy atom. The normalized spacial score (nSPS) is 11.1. The van der Waals surface area contributed by atoms with Gasteiger partial charge in [0.2, 0.25) is 11.7 Å². The van der Waals surface area contributed by atoms with E-state index in [0.717, 1.165) is 16.7 Å². The van der Waals surface area contributed by atoms with Crippen LogP contribution < -0.4 is 19.8 Å². The molecule has 6 rings (SSSR count). The van der Waals surface area contributed by atoms with Crippen molar-refractivity contribution in [3.63, 3.8) is 0 Å². The number of ether oxygens (including phenoxy) is 3. The Labute approximate surface area is 245 Å². The van der Waals surface area contributed by atoms with E-state index in [1.54, 1.807) is 32.0 Å². The number of methoxy groups -OCH3 is 3. The molecule has 0 fully saturated rings. The maximum atomic E-state index is 13.9. The summed E-state index contributed by atoms with van der Waals surface area (Å²) in [6.07, 6.45) is 1.82. The van der Waals surface area contributed by atoms with Gasteiger partial charge in [-0.05, 0) is 23.8 Å². The third-order valence-electron chi connectivity index (χ3n) is 6.79. The first-order valence-electron chi connectivity index (χ1n) is 13.1. The molecule has 0 spiro atoms. The number of fused-ring (bicyclic) bond motifs is 1. The molecule has 10 nitrogen and oxygen atoms in total. The maximum Gasteiger partial charge on any atom is 0.278 e. The van der Waals surface area contributed by atoms with Gasteiger partial charge in [0.05, 0.1) is 39.2 Å². The molecule has 3 heterocycles. The van der Waals surface area contributed by atoms with Gasteiger partial charge >= 0.3 is 0 Å². The van der Waals surface area contributed by atoms with Crippen LogP contribution in [0.5, 0.6) is 17.2 Å². The topological polar surface area (TPSA) is 117 Å². The number of H-pyrrole nitrogens is 1. The molecule has 42 heavy (non-hydrogen) atoms. The standard InChI is InChI=1S/C31H27N5O5S/c1-38-23-14-8-7-12-20(23)17-36-30(37)27-26(22(16-32-27)19-10-5-4-6-11-19)34-31(36)42-18-25-33-29(35-41-25)21-13-9-15-24(39-2)28(21)40-3/h4-16,32H,17-18H2,1-3H3. The fourth-order valence-corrected chi connectivity index (χ4v) is 5.61. The fraction of sp³-hybridized carbons (Fsp3) is 0.161. The van der Waals surface area contributed by atoms with Gasteiger partial charge in [0.25, 0.3) is 5.56 Å². The number of para-hydroxylation sites is 2. The minimum absolute atomic E-state index is 0.192. The van der Waals surface area contributed by atoms with Crippen LogP contribution in [-0.4, -0.2) is 46.0 Å². The summed E-state index contributed by atoms with van der Waals surface area (Å²) in [5.74, 6) is 2.79. The summed E-state index contributed by atoms with van der Waals surface area (Å²) in [5.41, 5.74) is 4.13. The predicted octanol–water partition coefficient (Wildman–Crippen LogP) is 5.81. The molecule has 3 aromatic heterocycles. The zero-order valence-corrected chi connectivity index (χ0v) is 24.0. The van der Waals surface area contributed by atoms with Crippen LogP contribution in [0.3, 0.4) is 0 Å². The number of rotatable bonds is 10. The SMILES string of the molecule is COc1ccccc1Cn1c(SCc2nc(-c3cccc(OC)c3OC)no2)nc2c(-c3ccccc3)c[nH]c2c1=O. The Morgan fingerprint density at radius 3 is 2.40 bits per heavy atom. The van der Waals surface area contributed by atoms with Crippen molar-refractivity contribution >= 4 is 22.8 Å². The number of aromatic amines is 1. The summed E-state index contributed by atoms with van der Waals surface area (Å²) >= 11 is 1.34. The van der Waals surface area contributed by atoms with Crippen LogP contribution in [0.15, 0.2) is 93.5 Å². The maximum absolute atomic E-state index is 13.9. The fourth-order valence-electron chi connectivity index (χ4n) is 4.78. The first kappa shape index (κ1) is 27.2. The van der Waals surface area contributed by atoms with Gasteiger partial charge in [-0.25, -0.2) is 4.98 Å². The number of aromatic nitrogens is 5. The smallest absolute Gasteiger partial charge is 0.278 e. The molecule has 212 valence electrons. The van der Waals surface area contributed by atoms with Crippen molar-refractivity contribution in [2.75, 3.05) is 21.3 Å². The summed E-state index contributed by atoms with van der Waals surface area (Å²) in [4.78, 5) is 26.6. The third kappa shape index (κ3) is 5.10. The van der Waals surface area contributed by atoms with Crippen molar-refractivity contribution in [2.45, 2.75) is 17.5 Å². The lowest BCUT2D eigenvalue weighted by Crippen LogP contribution is -2.24. The van der Waals surface area contributed by atoms with Gasteiger partial charge in [0.15, 0.2) is 16.7 Å². The Balaban J connectivity index is 1.39. The second-order valence-corrected chi connectivity index (χ2v) is 10.2. The molecular formula is C31H27N5O5S. The van der Waals surface area contributed by atoms with E-state index >= 15 is 0 Å². The van der Waals surface area contributed by atoms with Crippen LogP contribution in [0.1, 0.15) is 11.5 Å². The highest BCUT2D eigenvalue weighted by molar-refractivity contribution is 7.98. The number of nitrogens with one attached hydrogen (secondary N) is 1. The second-order valence-electron chi connectivity index (χ2n) is 9.23. The molecule has 0 bridgehead atoms. The van der Waals surface area contributed by atoms with Crippen molar-refractivity contribution in [3.05, 3.63) is 101 Å². The molecule has 0 aliphatic heterocycles. The molecule has 11 heteroatoms. The lowest BCUT2D eigenvalue weighted by atomic mass is 10.1. The summed E-state index contributed by atoms with van der Waals surface area (Å²) in [6.45, 7) is 0.268. The van der Waals surface area contributed by atoms with E-state index < -0.39 is 0 Å². The summed E-state index contributed by atoms with van der Waals surface area (Å²) in [5, 5.41) is 4.67. The highest BCUT2D eigenvalue weighted by Gasteiger charge is 2.21. The van der Waals surface area contributed by atoms with Gasteiger partial charge in [-0.2, -0.15) is 4.98 Å². The third-order valence-corrected chi connectivity index (χ3v) is 7.75. The lowest BCUT2D eigenvalue weighted by Gasteiger charge is -2.14. The van der Waals surface area contributed by atoms with Gasteiger partial charge < -0.3 is 23.7 Å². The number of hydrogen-bond donors (Lipinski definition) is 1. The Bertz CT molecular complexity index is 1910. The largest absolute Gasteiger partial charge is 0.496 e. The van der Waals surface area contributed by atoms with E-state index in [2.05, 4.69) is 15.1 Å².